The number of carbonyl (C=O) groups is 1. The minimum atomic E-state index is -0.908. The molecule has 0 unspecified atom stereocenters. The fourth-order valence-electron chi connectivity index (χ4n) is 2.60. The van der Waals surface area contributed by atoms with Crippen LogP contribution in [0.5, 0.6) is 0 Å². The van der Waals surface area contributed by atoms with Crippen LogP contribution in [-0.2, 0) is 6.54 Å². The molecular formula is C15H17NO3S. The molecule has 20 heavy (non-hydrogen) atoms. The van der Waals surface area contributed by atoms with Crippen LogP contribution in [-0.4, -0.2) is 40.6 Å². The van der Waals surface area contributed by atoms with E-state index in [4.69, 9.17) is 4.42 Å². The zero-order chi connectivity index (χ0) is 13.9. The summed E-state index contributed by atoms with van der Waals surface area (Å²) in [5.41, 5.74) is 0.974. The number of fused-ring (bicyclic) bond motifs is 1. The summed E-state index contributed by atoms with van der Waals surface area (Å²) in [6.45, 7) is 2.57. The largest absolute Gasteiger partial charge is 0.478 e. The summed E-state index contributed by atoms with van der Waals surface area (Å²) in [6, 6.07) is 7.34. The van der Waals surface area contributed by atoms with Crippen molar-refractivity contribution in [3.8, 4) is 0 Å². The van der Waals surface area contributed by atoms with Crippen LogP contribution in [0.3, 0.4) is 0 Å². The van der Waals surface area contributed by atoms with Crippen molar-refractivity contribution < 1.29 is 14.3 Å². The first-order valence-corrected chi connectivity index (χ1v) is 7.95. The number of benzene rings is 1. The van der Waals surface area contributed by atoms with Gasteiger partial charge in [-0.25, -0.2) is 4.79 Å². The number of carboxylic acids is 1. The van der Waals surface area contributed by atoms with Gasteiger partial charge in [0.2, 0.25) is 0 Å². The molecule has 5 heteroatoms. The van der Waals surface area contributed by atoms with Crippen LogP contribution in [0.25, 0.3) is 11.0 Å². The van der Waals surface area contributed by atoms with E-state index in [9.17, 15) is 9.90 Å². The van der Waals surface area contributed by atoms with Crippen LogP contribution < -0.4 is 0 Å². The van der Waals surface area contributed by atoms with E-state index >= 15 is 0 Å². The Bertz CT molecular complexity index is 615. The van der Waals surface area contributed by atoms with Crippen molar-refractivity contribution in [2.45, 2.75) is 13.0 Å². The molecule has 1 aliphatic rings. The summed E-state index contributed by atoms with van der Waals surface area (Å²) in [5.74, 6) is 1.95. The van der Waals surface area contributed by atoms with E-state index in [0.717, 1.165) is 25.3 Å². The Balaban J connectivity index is 1.93. The predicted molar refractivity (Wildman–Crippen MR) is 80.4 cm³/mol. The number of hydrogen-bond donors (Lipinski definition) is 1. The van der Waals surface area contributed by atoms with Gasteiger partial charge in [-0.3, -0.25) is 4.90 Å². The van der Waals surface area contributed by atoms with Crippen LogP contribution in [0, 0.1) is 0 Å². The first-order chi connectivity index (χ1) is 9.75. The van der Waals surface area contributed by atoms with E-state index in [1.807, 2.05) is 36.0 Å². The number of furan rings is 1. The monoisotopic (exact) mass is 291 g/mol. The van der Waals surface area contributed by atoms with Gasteiger partial charge in [0.25, 0.3) is 0 Å². The summed E-state index contributed by atoms with van der Waals surface area (Å²) in [6.07, 6.45) is 1.15. The Morgan fingerprint density at radius 1 is 1.30 bits per heavy atom. The first-order valence-electron chi connectivity index (χ1n) is 6.79. The Hall–Kier alpha value is -1.46. The lowest BCUT2D eigenvalue weighted by atomic mass is 10.1. The molecule has 1 saturated heterocycles. The smallest absolute Gasteiger partial charge is 0.339 e. The van der Waals surface area contributed by atoms with E-state index in [-0.39, 0.29) is 0 Å². The second-order valence-electron chi connectivity index (χ2n) is 4.94. The summed E-state index contributed by atoms with van der Waals surface area (Å²) in [4.78, 5) is 13.8. The number of nitrogens with zero attached hydrogens (tertiary/aromatic N) is 1. The van der Waals surface area contributed by atoms with Crippen molar-refractivity contribution >= 4 is 28.7 Å². The molecule has 0 amide bonds. The highest BCUT2D eigenvalue weighted by molar-refractivity contribution is 7.99. The molecular weight excluding hydrogens is 274 g/mol. The molecule has 1 N–H and O–H groups in total. The summed E-state index contributed by atoms with van der Waals surface area (Å²) in [7, 11) is 0. The van der Waals surface area contributed by atoms with Gasteiger partial charge in [0, 0.05) is 17.7 Å². The minimum Gasteiger partial charge on any atom is -0.478 e. The van der Waals surface area contributed by atoms with Gasteiger partial charge in [-0.05, 0) is 24.8 Å². The maximum absolute atomic E-state index is 11.5. The van der Waals surface area contributed by atoms with Crippen LogP contribution in [0.1, 0.15) is 22.5 Å². The van der Waals surface area contributed by atoms with Crippen LogP contribution >= 0.6 is 11.8 Å². The zero-order valence-corrected chi connectivity index (χ0v) is 12.0. The van der Waals surface area contributed by atoms with Gasteiger partial charge in [-0.1, -0.05) is 18.2 Å². The maximum atomic E-state index is 11.5. The average molecular weight is 291 g/mol. The molecule has 1 aromatic carbocycles. The second-order valence-corrected chi connectivity index (χ2v) is 6.17. The number of para-hydroxylation sites is 1. The SMILES string of the molecule is O=C(O)c1c(CN2CCCSCC2)oc2ccccc12. The molecule has 4 nitrogen and oxygen atoms in total. The van der Waals surface area contributed by atoms with E-state index < -0.39 is 5.97 Å². The van der Waals surface area contributed by atoms with Crippen molar-refractivity contribution in [2.24, 2.45) is 0 Å². The van der Waals surface area contributed by atoms with Crippen molar-refractivity contribution in [3.05, 3.63) is 35.6 Å². The molecule has 0 radical (unpaired) electrons. The Morgan fingerprint density at radius 3 is 3.00 bits per heavy atom. The number of aromatic carboxylic acids is 1. The maximum Gasteiger partial charge on any atom is 0.339 e. The minimum absolute atomic E-state index is 0.317. The lowest BCUT2D eigenvalue weighted by Crippen LogP contribution is -2.26. The van der Waals surface area contributed by atoms with Gasteiger partial charge < -0.3 is 9.52 Å². The highest BCUT2D eigenvalue weighted by Gasteiger charge is 2.22. The van der Waals surface area contributed by atoms with Gasteiger partial charge in [0.1, 0.15) is 16.9 Å². The van der Waals surface area contributed by atoms with Crippen molar-refractivity contribution in [2.75, 3.05) is 24.6 Å². The lowest BCUT2D eigenvalue weighted by molar-refractivity contribution is 0.0694. The quantitative estimate of drug-likeness (QED) is 0.942. The topological polar surface area (TPSA) is 53.7 Å². The molecule has 1 aliphatic heterocycles. The summed E-state index contributed by atoms with van der Waals surface area (Å²) in [5, 5.41) is 10.1. The Labute approximate surface area is 121 Å². The molecule has 2 aromatic rings. The molecule has 0 bridgehead atoms. The van der Waals surface area contributed by atoms with Crippen molar-refractivity contribution in [3.63, 3.8) is 0 Å². The number of thioether (sulfide) groups is 1. The lowest BCUT2D eigenvalue weighted by Gasteiger charge is -2.18. The van der Waals surface area contributed by atoms with Gasteiger partial charge in [0.05, 0.1) is 6.54 Å². The Kier molecular flexibility index (Phi) is 3.98. The van der Waals surface area contributed by atoms with Gasteiger partial charge in [-0.2, -0.15) is 11.8 Å². The fraction of sp³-hybridized carbons (Fsp3) is 0.400. The summed E-state index contributed by atoms with van der Waals surface area (Å²) < 4.78 is 5.77. The number of rotatable bonds is 3. The Morgan fingerprint density at radius 2 is 2.15 bits per heavy atom. The fourth-order valence-corrected chi connectivity index (χ4v) is 3.53. The molecule has 1 fully saturated rings. The highest BCUT2D eigenvalue weighted by atomic mass is 32.2. The van der Waals surface area contributed by atoms with E-state index in [1.165, 1.54) is 5.75 Å². The highest BCUT2D eigenvalue weighted by Crippen LogP contribution is 2.27. The molecule has 0 spiro atoms. The third kappa shape index (κ3) is 2.69. The third-order valence-corrected chi connectivity index (χ3v) is 4.61. The molecule has 106 valence electrons. The zero-order valence-electron chi connectivity index (χ0n) is 11.2. The number of hydrogen-bond acceptors (Lipinski definition) is 4. The van der Waals surface area contributed by atoms with E-state index in [2.05, 4.69) is 4.90 Å². The van der Waals surface area contributed by atoms with Gasteiger partial charge >= 0.3 is 5.97 Å². The first kappa shape index (κ1) is 13.5. The second kappa shape index (κ2) is 5.89. The standard InChI is InChI=1S/C15H17NO3S/c17-15(18)14-11-4-1-2-5-12(11)19-13(14)10-16-6-3-8-20-9-7-16/h1-2,4-5H,3,6-10H2,(H,17,18). The molecule has 0 saturated carbocycles. The average Bonchev–Trinajstić information content (AvgIpc) is 2.60. The van der Waals surface area contributed by atoms with Gasteiger partial charge in [-0.15, -0.1) is 0 Å². The van der Waals surface area contributed by atoms with Crippen molar-refractivity contribution in [1.29, 1.82) is 0 Å². The molecule has 0 aliphatic carbocycles. The molecule has 2 heterocycles. The van der Waals surface area contributed by atoms with Crippen LogP contribution in [0.15, 0.2) is 28.7 Å². The van der Waals surface area contributed by atoms with Crippen LogP contribution in [0.4, 0.5) is 0 Å². The normalized spacial score (nSPS) is 17.2. The molecule has 0 atom stereocenters. The predicted octanol–water partition coefficient (Wildman–Crippen LogP) is 3.07. The third-order valence-electron chi connectivity index (χ3n) is 3.56. The molecule has 1 aromatic heterocycles. The number of carboxylic acid groups (broad SMARTS) is 1. The van der Waals surface area contributed by atoms with Gasteiger partial charge in [0.15, 0.2) is 0 Å². The summed E-state index contributed by atoms with van der Waals surface area (Å²) >= 11 is 1.96. The van der Waals surface area contributed by atoms with E-state index in [1.54, 1.807) is 0 Å². The van der Waals surface area contributed by atoms with Crippen molar-refractivity contribution in [1.82, 2.24) is 4.90 Å². The molecule has 3 rings (SSSR count). The van der Waals surface area contributed by atoms with E-state index in [0.29, 0.717) is 28.8 Å². The van der Waals surface area contributed by atoms with Crippen LogP contribution in [0.2, 0.25) is 0 Å².